The van der Waals surface area contributed by atoms with Crippen LogP contribution in [0.15, 0.2) is 47.4 Å². The van der Waals surface area contributed by atoms with Crippen molar-refractivity contribution in [3.05, 3.63) is 48.0 Å². The summed E-state index contributed by atoms with van der Waals surface area (Å²) in [4.78, 5) is 13.3. The molecule has 0 fully saturated rings. The van der Waals surface area contributed by atoms with Gasteiger partial charge in [0.25, 0.3) is 0 Å². The molecular weight excluding hydrogens is 358 g/mol. The number of anilines is 3. The van der Waals surface area contributed by atoms with Crippen molar-refractivity contribution in [2.75, 3.05) is 34.0 Å². The highest BCUT2D eigenvalue weighted by Gasteiger charge is 2.26. The van der Waals surface area contributed by atoms with E-state index in [1.165, 1.54) is 10.6 Å². The number of hydrogen-bond acceptors (Lipinski definition) is 4. The minimum atomic E-state index is -3.27. The summed E-state index contributed by atoms with van der Waals surface area (Å²) >= 11 is 1.64. The summed E-state index contributed by atoms with van der Waals surface area (Å²) in [5.74, 6) is 0. The second-order valence-electron chi connectivity index (χ2n) is 5.74. The van der Waals surface area contributed by atoms with Gasteiger partial charge in [0, 0.05) is 22.8 Å². The molecule has 0 unspecified atom stereocenters. The smallest absolute Gasteiger partial charge is 0.308 e. The molecule has 0 aliphatic carbocycles. The molecule has 8 heteroatoms. The van der Waals surface area contributed by atoms with Gasteiger partial charge in [-0.2, -0.15) is 0 Å². The Morgan fingerprint density at radius 1 is 1.08 bits per heavy atom. The van der Waals surface area contributed by atoms with E-state index in [9.17, 15) is 13.2 Å². The van der Waals surface area contributed by atoms with Gasteiger partial charge in [0.1, 0.15) is 0 Å². The van der Waals surface area contributed by atoms with Crippen molar-refractivity contribution in [2.24, 2.45) is 0 Å². The average Bonchev–Trinajstić information content (AvgIpc) is 2.99. The number of thioether (sulfide) groups is 1. The zero-order chi connectivity index (χ0) is 18.0. The summed E-state index contributed by atoms with van der Waals surface area (Å²) in [6.45, 7) is 0.436. The maximum Gasteiger partial charge on any atom is 0.323 e. The van der Waals surface area contributed by atoms with Crippen LogP contribution < -0.4 is 14.9 Å². The topological polar surface area (TPSA) is 78.5 Å². The molecule has 1 aliphatic rings. The molecule has 0 saturated carbocycles. The van der Waals surface area contributed by atoms with Crippen LogP contribution in [0.2, 0.25) is 0 Å². The Balaban J connectivity index is 1.68. The molecule has 2 aromatic carbocycles. The lowest BCUT2D eigenvalue weighted by Gasteiger charge is -2.16. The largest absolute Gasteiger partial charge is 0.323 e. The predicted molar refractivity (Wildman–Crippen MR) is 103 cm³/mol. The first kappa shape index (κ1) is 17.6. The molecular formula is C17H19N3O3S2. The average molecular weight is 377 g/mol. The van der Waals surface area contributed by atoms with Gasteiger partial charge in [0.15, 0.2) is 0 Å². The van der Waals surface area contributed by atoms with Gasteiger partial charge < -0.3 is 10.6 Å². The van der Waals surface area contributed by atoms with Gasteiger partial charge in [-0.1, -0.05) is 0 Å². The first-order valence-electron chi connectivity index (χ1n) is 7.69. The fourth-order valence-electron chi connectivity index (χ4n) is 2.76. The number of rotatable bonds is 4. The van der Waals surface area contributed by atoms with E-state index in [4.69, 9.17) is 0 Å². The SMILES string of the molecule is CSc1ccc(NC(=O)Nc2ccc3c(c2)CCN3S(C)(=O)=O)cc1. The van der Waals surface area contributed by atoms with E-state index in [1.807, 2.05) is 36.6 Å². The van der Waals surface area contributed by atoms with E-state index in [1.54, 1.807) is 23.9 Å². The van der Waals surface area contributed by atoms with Crippen molar-refractivity contribution in [3.8, 4) is 0 Å². The maximum atomic E-state index is 12.1. The third-order valence-corrected chi connectivity index (χ3v) is 5.86. The van der Waals surface area contributed by atoms with Crippen LogP contribution in [0.4, 0.5) is 21.9 Å². The molecule has 2 amide bonds. The van der Waals surface area contributed by atoms with Crippen molar-refractivity contribution in [3.63, 3.8) is 0 Å². The van der Waals surface area contributed by atoms with E-state index in [0.29, 0.717) is 30.0 Å². The molecule has 2 aromatic rings. The molecule has 2 N–H and O–H groups in total. The van der Waals surface area contributed by atoms with Gasteiger partial charge in [-0.3, -0.25) is 4.31 Å². The van der Waals surface area contributed by atoms with Gasteiger partial charge in [-0.05, 0) is 60.7 Å². The molecule has 0 bridgehead atoms. The lowest BCUT2D eigenvalue weighted by Crippen LogP contribution is -2.27. The minimum Gasteiger partial charge on any atom is -0.308 e. The molecule has 0 aromatic heterocycles. The second-order valence-corrected chi connectivity index (χ2v) is 8.52. The Hall–Kier alpha value is -2.19. The number of nitrogens with one attached hydrogen (secondary N) is 2. The highest BCUT2D eigenvalue weighted by molar-refractivity contribution is 7.98. The van der Waals surface area contributed by atoms with Crippen LogP contribution in [-0.2, 0) is 16.4 Å². The van der Waals surface area contributed by atoms with Crippen molar-refractivity contribution in [1.29, 1.82) is 0 Å². The normalized spacial score (nSPS) is 13.4. The number of benzene rings is 2. The summed E-state index contributed by atoms with van der Waals surface area (Å²) in [6, 6.07) is 12.5. The third kappa shape index (κ3) is 4.08. The van der Waals surface area contributed by atoms with Crippen molar-refractivity contribution in [2.45, 2.75) is 11.3 Å². The lowest BCUT2D eigenvalue weighted by molar-refractivity contribution is 0.262. The van der Waals surface area contributed by atoms with E-state index < -0.39 is 10.0 Å². The van der Waals surface area contributed by atoms with Crippen LogP contribution in [0, 0.1) is 0 Å². The van der Waals surface area contributed by atoms with E-state index in [-0.39, 0.29) is 6.03 Å². The Kier molecular flexibility index (Phi) is 4.91. The zero-order valence-corrected chi connectivity index (χ0v) is 15.6. The molecule has 0 saturated heterocycles. The highest BCUT2D eigenvalue weighted by Crippen LogP contribution is 2.32. The van der Waals surface area contributed by atoms with E-state index >= 15 is 0 Å². The minimum absolute atomic E-state index is 0.338. The molecule has 0 atom stereocenters. The summed E-state index contributed by atoms with van der Waals surface area (Å²) in [5, 5.41) is 5.56. The Morgan fingerprint density at radius 2 is 1.72 bits per heavy atom. The van der Waals surface area contributed by atoms with Crippen LogP contribution in [0.3, 0.4) is 0 Å². The maximum absolute atomic E-state index is 12.1. The van der Waals surface area contributed by atoms with Gasteiger partial charge in [-0.15, -0.1) is 11.8 Å². The third-order valence-electron chi connectivity index (χ3n) is 3.94. The van der Waals surface area contributed by atoms with Crippen LogP contribution >= 0.6 is 11.8 Å². The van der Waals surface area contributed by atoms with Gasteiger partial charge in [-0.25, -0.2) is 13.2 Å². The fourth-order valence-corrected chi connectivity index (χ4v) is 4.13. The summed E-state index contributed by atoms with van der Waals surface area (Å²) in [5.41, 5.74) is 2.93. The van der Waals surface area contributed by atoms with Crippen molar-refractivity contribution >= 4 is 44.9 Å². The molecule has 0 radical (unpaired) electrons. The summed E-state index contributed by atoms with van der Waals surface area (Å²) < 4.78 is 24.9. The zero-order valence-electron chi connectivity index (χ0n) is 13.9. The van der Waals surface area contributed by atoms with Crippen LogP contribution in [-0.4, -0.2) is 33.5 Å². The monoisotopic (exact) mass is 377 g/mol. The number of amides is 2. The predicted octanol–water partition coefficient (Wildman–Crippen LogP) is 3.37. The first-order chi connectivity index (χ1) is 11.9. The second kappa shape index (κ2) is 6.97. The molecule has 3 rings (SSSR count). The highest BCUT2D eigenvalue weighted by atomic mass is 32.2. The number of hydrogen-bond donors (Lipinski definition) is 2. The van der Waals surface area contributed by atoms with E-state index in [0.717, 1.165) is 10.5 Å². The number of nitrogens with zero attached hydrogens (tertiary/aromatic N) is 1. The molecule has 132 valence electrons. The van der Waals surface area contributed by atoms with E-state index in [2.05, 4.69) is 10.6 Å². The number of carbonyl (C=O) groups excluding carboxylic acids is 1. The fraction of sp³-hybridized carbons (Fsp3) is 0.235. The van der Waals surface area contributed by atoms with Gasteiger partial charge in [0.2, 0.25) is 10.0 Å². The summed E-state index contributed by atoms with van der Waals surface area (Å²) in [7, 11) is -3.27. The quantitative estimate of drug-likeness (QED) is 0.801. The molecule has 0 spiro atoms. The van der Waals surface area contributed by atoms with Crippen LogP contribution in [0.5, 0.6) is 0 Å². The number of fused-ring (bicyclic) bond motifs is 1. The summed E-state index contributed by atoms with van der Waals surface area (Å²) in [6.07, 6.45) is 3.83. The molecule has 6 nitrogen and oxygen atoms in total. The lowest BCUT2D eigenvalue weighted by atomic mass is 10.1. The van der Waals surface area contributed by atoms with Gasteiger partial charge >= 0.3 is 6.03 Å². The molecule has 1 aliphatic heterocycles. The van der Waals surface area contributed by atoms with Crippen molar-refractivity contribution < 1.29 is 13.2 Å². The Labute approximate surface area is 151 Å². The van der Waals surface area contributed by atoms with Crippen LogP contribution in [0.25, 0.3) is 0 Å². The molecule has 1 heterocycles. The number of carbonyl (C=O) groups is 1. The number of sulfonamides is 1. The van der Waals surface area contributed by atoms with Gasteiger partial charge in [0.05, 0.1) is 11.9 Å². The number of urea groups is 1. The Morgan fingerprint density at radius 3 is 2.36 bits per heavy atom. The first-order valence-corrected chi connectivity index (χ1v) is 10.8. The Bertz CT molecular complexity index is 896. The molecule has 25 heavy (non-hydrogen) atoms. The van der Waals surface area contributed by atoms with Crippen LogP contribution in [0.1, 0.15) is 5.56 Å². The standard InChI is InChI=1S/C17H19N3O3S2/c1-24-15-6-3-13(4-7-15)18-17(21)19-14-5-8-16-12(11-14)9-10-20(16)25(2,22)23/h3-8,11H,9-10H2,1-2H3,(H2,18,19,21). The van der Waals surface area contributed by atoms with Crippen molar-refractivity contribution in [1.82, 2.24) is 0 Å².